The molecule has 1 amide bonds. The number of anilines is 1. The van der Waals surface area contributed by atoms with Crippen LogP contribution < -0.4 is 10.1 Å². The molecule has 1 aliphatic rings. The molecule has 0 aliphatic carbocycles. The van der Waals surface area contributed by atoms with Gasteiger partial charge >= 0.3 is 12.1 Å². The van der Waals surface area contributed by atoms with Crippen molar-refractivity contribution in [1.82, 2.24) is 24.8 Å². The van der Waals surface area contributed by atoms with Crippen LogP contribution in [0, 0.1) is 28.9 Å². The summed E-state index contributed by atoms with van der Waals surface area (Å²) in [7, 11) is 2.01. The Labute approximate surface area is 264 Å². The first-order valence-electron chi connectivity index (χ1n) is 14.6. The summed E-state index contributed by atoms with van der Waals surface area (Å²) in [6, 6.07) is 9.96. The van der Waals surface area contributed by atoms with Gasteiger partial charge in [0.05, 0.1) is 29.5 Å². The Kier molecular flexibility index (Phi) is 9.51. The monoisotopic (exact) mass is 637 g/mol. The summed E-state index contributed by atoms with van der Waals surface area (Å²) in [5.41, 5.74) is -0.489. The first-order chi connectivity index (χ1) is 21.4. The van der Waals surface area contributed by atoms with Crippen molar-refractivity contribution in [3.05, 3.63) is 53.2 Å². The number of amides is 1. The minimum Gasteiger partial charge on any atom is -0.463 e. The van der Waals surface area contributed by atoms with E-state index in [0.29, 0.717) is 28.9 Å². The summed E-state index contributed by atoms with van der Waals surface area (Å²) < 4.78 is 42.2. The molecule has 1 aliphatic heterocycles. The number of aromatic nitrogens is 3. The molecule has 0 saturated carbocycles. The highest BCUT2D eigenvalue weighted by atomic mass is 35.5. The van der Waals surface area contributed by atoms with Crippen LogP contribution in [0.2, 0.25) is 5.02 Å². The number of hydrogen-bond acceptors (Lipinski definition) is 9. The third-order valence-corrected chi connectivity index (χ3v) is 7.63. The van der Waals surface area contributed by atoms with Crippen molar-refractivity contribution >= 4 is 45.2 Å². The quantitative estimate of drug-likeness (QED) is 0.214. The first-order valence-corrected chi connectivity index (χ1v) is 15.0. The molecule has 2 aromatic heterocycles. The Morgan fingerprint density at radius 3 is 2.69 bits per heavy atom. The van der Waals surface area contributed by atoms with Gasteiger partial charge in [-0.3, -0.25) is 4.98 Å². The van der Waals surface area contributed by atoms with Crippen LogP contribution in [0.1, 0.15) is 27.2 Å². The number of carbonyl (C=O) groups is 1. The summed E-state index contributed by atoms with van der Waals surface area (Å²) in [5.74, 6) is -0.827. The number of pyridine rings is 1. The van der Waals surface area contributed by atoms with E-state index in [-0.39, 0.29) is 59.5 Å². The van der Waals surface area contributed by atoms with Crippen molar-refractivity contribution in [3.63, 3.8) is 0 Å². The molecule has 3 heterocycles. The topological polar surface area (TPSA) is 117 Å². The molecule has 236 valence electrons. The average Bonchev–Trinajstić information content (AvgIpc) is 2.97. The van der Waals surface area contributed by atoms with E-state index in [0.717, 1.165) is 13.1 Å². The number of halogens is 3. The molecule has 10 nitrogen and oxygen atoms in total. The Balaban J connectivity index is 1.49. The number of benzene rings is 2. The van der Waals surface area contributed by atoms with Crippen LogP contribution in [-0.2, 0) is 4.74 Å². The molecule has 0 bridgehead atoms. The summed E-state index contributed by atoms with van der Waals surface area (Å²) in [4.78, 5) is 29.7. The van der Waals surface area contributed by atoms with Crippen LogP contribution in [0.5, 0.6) is 6.01 Å². The molecule has 0 radical (unpaired) electrons. The summed E-state index contributed by atoms with van der Waals surface area (Å²) in [6.45, 7) is 7.93. The lowest BCUT2D eigenvalue weighted by Gasteiger charge is -2.35. The van der Waals surface area contributed by atoms with Crippen LogP contribution in [0.4, 0.5) is 19.4 Å². The maximum absolute atomic E-state index is 16.4. The second-order valence-electron chi connectivity index (χ2n) is 12.0. The number of carbonyl (C=O) groups excluding carboxylic acids is 1. The van der Waals surface area contributed by atoms with Crippen molar-refractivity contribution in [2.24, 2.45) is 5.92 Å². The minimum atomic E-state index is -0.747. The number of hydrogen-bond donors (Lipinski definition) is 1. The number of nitriles is 1. The molecule has 0 spiro atoms. The Bertz CT molecular complexity index is 1770. The van der Waals surface area contributed by atoms with Gasteiger partial charge in [0.25, 0.3) is 0 Å². The smallest absolute Gasteiger partial charge is 0.410 e. The van der Waals surface area contributed by atoms with Crippen molar-refractivity contribution in [2.75, 3.05) is 51.7 Å². The van der Waals surface area contributed by atoms with Crippen LogP contribution >= 0.6 is 11.6 Å². The number of nitrogens with zero attached hydrogens (tertiary/aromatic N) is 6. The number of ether oxygens (including phenoxy) is 2. The predicted molar refractivity (Wildman–Crippen MR) is 168 cm³/mol. The molecule has 45 heavy (non-hydrogen) atoms. The zero-order valence-electron chi connectivity index (χ0n) is 25.5. The normalized spacial score (nSPS) is 13.8. The molecule has 0 unspecified atom stereocenters. The van der Waals surface area contributed by atoms with Gasteiger partial charge in [-0.15, -0.1) is 0 Å². The van der Waals surface area contributed by atoms with Crippen LogP contribution in [0.25, 0.3) is 32.9 Å². The first kappa shape index (κ1) is 32.1. The van der Waals surface area contributed by atoms with Gasteiger partial charge in [0.1, 0.15) is 28.4 Å². The highest BCUT2D eigenvalue weighted by Gasteiger charge is 2.26. The highest BCUT2D eigenvalue weighted by Crippen LogP contribution is 2.37. The molecular formula is C32H34ClF2N7O3. The van der Waals surface area contributed by atoms with E-state index in [1.54, 1.807) is 45.0 Å². The van der Waals surface area contributed by atoms with Crippen LogP contribution in [-0.4, -0.2) is 82.8 Å². The molecule has 1 fully saturated rings. The average molecular weight is 638 g/mol. The van der Waals surface area contributed by atoms with Crippen molar-refractivity contribution in [3.8, 4) is 23.3 Å². The largest absolute Gasteiger partial charge is 0.463 e. The lowest BCUT2D eigenvalue weighted by atomic mass is 10.0. The predicted octanol–water partition coefficient (Wildman–Crippen LogP) is 6.28. The van der Waals surface area contributed by atoms with Gasteiger partial charge in [0.2, 0.25) is 0 Å². The van der Waals surface area contributed by atoms with E-state index < -0.39 is 23.3 Å². The minimum absolute atomic E-state index is 0.0221. The van der Waals surface area contributed by atoms with E-state index in [2.05, 4.69) is 25.2 Å². The molecule has 2 aromatic carbocycles. The Hall–Kier alpha value is -4.34. The summed E-state index contributed by atoms with van der Waals surface area (Å²) in [5, 5.41) is 13.4. The maximum atomic E-state index is 16.4. The Morgan fingerprint density at radius 1 is 1.20 bits per heavy atom. The van der Waals surface area contributed by atoms with Gasteiger partial charge in [0.15, 0.2) is 5.82 Å². The van der Waals surface area contributed by atoms with Crippen molar-refractivity contribution < 1.29 is 23.0 Å². The fourth-order valence-electron chi connectivity index (χ4n) is 5.17. The highest BCUT2D eigenvalue weighted by molar-refractivity contribution is 6.36. The third-order valence-electron chi connectivity index (χ3n) is 7.26. The molecule has 1 saturated heterocycles. The van der Waals surface area contributed by atoms with E-state index in [1.165, 1.54) is 17.2 Å². The van der Waals surface area contributed by atoms with E-state index in [9.17, 15) is 9.18 Å². The van der Waals surface area contributed by atoms with Crippen LogP contribution in [0.15, 0.2) is 36.5 Å². The lowest BCUT2D eigenvalue weighted by molar-refractivity contribution is 0.0261. The second-order valence-corrected chi connectivity index (χ2v) is 12.4. The van der Waals surface area contributed by atoms with E-state index in [1.807, 2.05) is 13.1 Å². The third kappa shape index (κ3) is 7.32. The standard InChI is InChI=1S/C32H34ClF2N7O3/c1-32(2,3)45-31(43)42(13-6-11-36)14-12-37-29-22-15-38-27(21-8-5-7-20-9-10-23(34)25(33)24(20)21)26(35)28(22)39-30(40-29)44-18-19-16-41(4)17-19/h5,7-10,15,19H,6,12-14,16-18H2,1-4H3,(H,37,39,40). The SMILES string of the molecule is CN1CC(COc2nc(NCCN(CCC#N)C(=O)OC(C)(C)C)c3cnc(-c4cccc5ccc(F)c(Cl)c45)c(F)c3n2)C1. The number of fused-ring (bicyclic) bond motifs is 2. The molecule has 13 heteroatoms. The lowest BCUT2D eigenvalue weighted by Crippen LogP contribution is -2.46. The van der Waals surface area contributed by atoms with Crippen LogP contribution in [0.3, 0.4) is 0 Å². The zero-order valence-corrected chi connectivity index (χ0v) is 26.3. The van der Waals surface area contributed by atoms with E-state index >= 15 is 4.39 Å². The van der Waals surface area contributed by atoms with Gasteiger partial charge in [0, 0.05) is 55.8 Å². The number of rotatable bonds is 10. The summed E-state index contributed by atoms with van der Waals surface area (Å²) >= 11 is 6.34. The fraction of sp³-hybridized carbons (Fsp3) is 0.406. The van der Waals surface area contributed by atoms with Gasteiger partial charge < -0.3 is 24.6 Å². The molecular weight excluding hydrogens is 604 g/mol. The number of likely N-dealkylation sites (tertiary alicyclic amines) is 1. The van der Waals surface area contributed by atoms with Gasteiger partial charge in [-0.05, 0) is 39.3 Å². The molecule has 1 N–H and O–H groups in total. The molecule has 4 aromatic rings. The van der Waals surface area contributed by atoms with Gasteiger partial charge in [-0.1, -0.05) is 35.9 Å². The molecule has 5 rings (SSSR count). The second kappa shape index (κ2) is 13.3. The van der Waals surface area contributed by atoms with Crippen molar-refractivity contribution in [2.45, 2.75) is 32.8 Å². The number of nitrogens with one attached hydrogen (secondary N) is 1. The van der Waals surface area contributed by atoms with E-state index in [4.69, 9.17) is 26.3 Å². The fourth-order valence-corrected chi connectivity index (χ4v) is 5.45. The van der Waals surface area contributed by atoms with Gasteiger partial charge in [-0.2, -0.15) is 15.2 Å². The maximum Gasteiger partial charge on any atom is 0.410 e. The zero-order chi connectivity index (χ0) is 32.3. The summed E-state index contributed by atoms with van der Waals surface area (Å²) in [6.07, 6.45) is 1.02. The Morgan fingerprint density at radius 2 is 1.98 bits per heavy atom. The molecule has 0 atom stereocenters. The van der Waals surface area contributed by atoms with Gasteiger partial charge in [-0.25, -0.2) is 13.6 Å². The van der Waals surface area contributed by atoms with Crippen molar-refractivity contribution in [1.29, 1.82) is 5.26 Å².